The molecule has 0 aliphatic carbocycles. The van der Waals surface area contributed by atoms with E-state index in [0.717, 1.165) is 33.1 Å². The fourth-order valence-electron chi connectivity index (χ4n) is 1.99. The lowest BCUT2D eigenvalue weighted by Crippen LogP contribution is -1.90. The fourth-order valence-corrected chi connectivity index (χ4v) is 1.99. The Morgan fingerprint density at radius 2 is 1.69 bits per heavy atom. The van der Waals surface area contributed by atoms with E-state index in [4.69, 9.17) is 11.5 Å². The topological polar surface area (TPSA) is 64.9 Å². The molecule has 3 nitrogen and oxygen atoms in total. The summed E-state index contributed by atoms with van der Waals surface area (Å²) >= 11 is 0. The van der Waals surface area contributed by atoms with Crippen LogP contribution in [0.15, 0.2) is 42.6 Å². The van der Waals surface area contributed by atoms with Gasteiger partial charge in [0.05, 0.1) is 5.52 Å². The van der Waals surface area contributed by atoms with Gasteiger partial charge in [0.15, 0.2) is 0 Å². The SMILES string of the molecule is Nc1ccc2c(ccc3c(N)ccnc32)c1. The second-order valence-electron chi connectivity index (χ2n) is 3.84. The Labute approximate surface area is 92.7 Å². The van der Waals surface area contributed by atoms with Gasteiger partial charge in [-0.25, -0.2) is 0 Å². The maximum Gasteiger partial charge on any atom is 0.0800 e. The number of hydrogen-bond acceptors (Lipinski definition) is 3. The first kappa shape index (κ1) is 8.97. The summed E-state index contributed by atoms with van der Waals surface area (Å²) in [4.78, 5) is 4.38. The summed E-state index contributed by atoms with van der Waals surface area (Å²) in [5, 5.41) is 3.16. The monoisotopic (exact) mass is 209 g/mol. The van der Waals surface area contributed by atoms with E-state index in [0.29, 0.717) is 0 Å². The van der Waals surface area contributed by atoms with Crippen LogP contribution in [0, 0.1) is 0 Å². The molecule has 3 aromatic rings. The molecule has 16 heavy (non-hydrogen) atoms. The Balaban J connectivity index is 2.55. The van der Waals surface area contributed by atoms with E-state index in [2.05, 4.69) is 4.98 Å². The van der Waals surface area contributed by atoms with Crippen molar-refractivity contribution in [3.8, 4) is 0 Å². The Morgan fingerprint density at radius 1 is 0.875 bits per heavy atom. The van der Waals surface area contributed by atoms with E-state index in [1.54, 1.807) is 6.20 Å². The third-order valence-electron chi connectivity index (χ3n) is 2.78. The Hall–Kier alpha value is -2.29. The normalized spacial score (nSPS) is 11.0. The molecule has 0 saturated heterocycles. The first-order chi connectivity index (χ1) is 7.75. The summed E-state index contributed by atoms with van der Waals surface area (Å²) in [5.74, 6) is 0. The molecule has 0 fully saturated rings. The number of aromatic nitrogens is 1. The molecule has 0 aliphatic heterocycles. The van der Waals surface area contributed by atoms with Crippen LogP contribution in [0.3, 0.4) is 0 Å². The van der Waals surface area contributed by atoms with E-state index in [-0.39, 0.29) is 0 Å². The molecule has 78 valence electrons. The van der Waals surface area contributed by atoms with E-state index < -0.39 is 0 Å². The molecule has 0 atom stereocenters. The number of nitrogens with two attached hydrogens (primary N) is 2. The molecule has 3 rings (SSSR count). The first-order valence-corrected chi connectivity index (χ1v) is 5.08. The number of pyridine rings is 1. The maximum absolute atomic E-state index is 5.91. The number of hydrogen-bond donors (Lipinski definition) is 2. The molecule has 1 heterocycles. The minimum atomic E-state index is 0.753. The number of benzene rings is 2. The summed E-state index contributed by atoms with van der Waals surface area (Å²) in [6, 6.07) is 11.6. The zero-order chi connectivity index (χ0) is 11.1. The van der Waals surface area contributed by atoms with E-state index in [1.165, 1.54) is 0 Å². The van der Waals surface area contributed by atoms with Gasteiger partial charge in [-0.2, -0.15) is 0 Å². The van der Waals surface area contributed by atoms with Crippen LogP contribution in [0.5, 0.6) is 0 Å². The zero-order valence-electron chi connectivity index (χ0n) is 8.64. The van der Waals surface area contributed by atoms with Gasteiger partial charge < -0.3 is 11.5 Å². The van der Waals surface area contributed by atoms with Crippen LogP contribution in [0.2, 0.25) is 0 Å². The van der Waals surface area contributed by atoms with Crippen LogP contribution < -0.4 is 11.5 Å². The third kappa shape index (κ3) is 1.18. The van der Waals surface area contributed by atoms with Crippen molar-refractivity contribution in [2.75, 3.05) is 11.5 Å². The average molecular weight is 209 g/mol. The minimum Gasteiger partial charge on any atom is -0.399 e. The predicted molar refractivity (Wildman–Crippen MR) is 68.1 cm³/mol. The van der Waals surface area contributed by atoms with Gasteiger partial charge in [-0.15, -0.1) is 0 Å². The summed E-state index contributed by atoms with van der Waals surface area (Å²) in [5.41, 5.74) is 14.1. The highest BCUT2D eigenvalue weighted by Crippen LogP contribution is 2.27. The van der Waals surface area contributed by atoms with Crippen LogP contribution in [0.1, 0.15) is 0 Å². The van der Waals surface area contributed by atoms with Gasteiger partial charge in [0, 0.05) is 28.3 Å². The molecule has 3 heteroatoms. The van der Waals surface area contributed by atoms with Gasteiger partial charge >= 0.3 is 0 Å². The van der Waals surface area contributed by atoms with Crippen LogP contribution >= 0.6 is 0 Å². The van der Waals surface area contributed by atoms with Gasteiger partial charge in [0.1, 0.15) is 0 Å². The summed E-state index contributed by atoms with van der Waals surface area (Å²) in [6.45, 7) is 0. The van der Waals surface area contributed by atoms with Crippen LogP contribution in [0.4, 0.5) is 11.4 Å². The summed E-state index contributed by atoms with van der Waals surface area (Å²) < 4.78 is 0. The van der Waals surface area contributed by atoms with Gasteiger partial charge in [0.25, 0.3) is 0 Å². The molecule has 0 amide bonds. The lowest BCUT2D eigenvalue weighted by molar-refractivity contribution is 1.43. The molecule has 2 aromatic carbocycles. The van der Waals surface area contributed by atoms with Crippen molar-refractivity contribution in [2.24, 2.45) is 0 Å². The van der Waals surface area contributed by atoms with Crippen molar-refractivity contribution >= 4 is 33.1 Å². The van der Waals surface area contributed by atoms with Gasteiger partial charge in [0.2, 0.25) is 0 Å². The van der Waals surface area contributed by atoms with Gasteiger partial charge in [-0.3, -0.25) is 4.98 Å². The zero-order valence-corrected chi connectivity index (χ0v) is 8.64. The number of rotatable bonds is 0. The summed E-state index contributed by atoms with van der Waals surface area (Å²) in [6.07, 6.45) is 1.73. The van der Waals surface area contributed by atoms with Gasteiger partial charge in [-0.05, 0) is 23.6 Å². The van der Waals surface area contributed by atoms with E-state index >= 15 is 0 Å². The molecule has 0 aliphatic rings. The lowest BCUT2D eigenvalue weighted by atomic mass is 10.0. The maximum atomic E-state index is 5.91. The number of nitrogen functional groups attached to an aromatic ring is 2. The molecular weight excluding hydrogens is 198 g/mol. The van der Waals surface area contributed by atoms with Crippen LogP contribution in [0.25, 0.3) is 21.7 Å². The van der Waals surface area contributed by atoms with Crippen LogP contribution in [-0.4, -0.2) is 4.98 Å². The Morgan fingerprint density at radius 3 is 2.56 bits per heavy atom. The second kappa shape index (κ2) is 3.10. The van der Waals surface area contributed by atoms with E-state index in [1.807, 2.05) is 36.4 Å². The smallest absolute Gasteiger partial charge is 0.0800 e. The molecule has 1 aromatic heterocycles. The largest absolute Gasteiger partial charge is 0.399 e. The molecule has 0 spiro atoms. The Kier molecular flexibility index (Phi) is 1.74. The van der Waals surface area contributed by atoms with Crippen molar-refractivity contribution in [2.45, 2.75) is 0 Å². The van der Waals surface area contributed by atoms with Crippen molar-refractivity contribution < 1.29 is 0 Å². The van der Waals surface area contributed by atoms with Crippen molar-refractivity contribution in [3.63, 3.8) is 0 Å². The van der Waals surface area contributed by atoms with Crippen molar-refractivity contribution in [3.05, 3.63) is 42.6 Å². The second-order valence-corrected chi connectivity index (χ2v) is 3.84. The first-order valence-electron chi connectivity index (χ1n) is 5.08. The molecule has 0 bridgehead atoms. The molecule has 0 unspecified atom stereocenters. The lowest BCUT2D eigenvalue weighted by Gasteiger charge is -2.05. The van der Waals surface area contributed by atoms with Crippen LogP contribution in [-0.2, 0) is 0 Å². The molecule has 0 saturated carbocycles. The highest BCUT2D eigenvalue weighted by atomic mass is 14.7. The molecule has 4 N–H and O–H groups in total. The van der Waals surface area contributed by atoms with Gasteiger partial charge in [-0.1, -0.05) is 18.2 Å². The highest BCUT2D eigenvalue weighted by Gasteiger charge is 2.03. The molecule has 0 radical (unpaired) electrons. The van der Waals surface area contributed by atoms with E-state index in [9.17, 15) is 0 Å². The average Bonchev–Trinajstić information content (AvgIpc) is 2.28. The predicted octanol–water partition coefficient (Wildman–Crippen LogP) is 2.55. The van der Waals surface area contributed by atoms with Crippen molar-refractivity contribution in [1.29, 1.82) is 0 Å². The summed E-state index contributed by atoms with van der Waals surface area (Å²) in [7, 11) is 0. The quantitative estimate of drug-likeness (QED) is 0.441. The fraction of sp³-hybridized carbons (Fsp3) is 0. The molecular formula is C13H11N3. The number of anilines is 2. The Bertz CT molecular complexity index is 689. The number of fused-ring (bicyclic) bond motifs is 3. The van der Waals surface area contributed by atoms with Crippen molar-refractivity contribution in [1.82, 2.24) is 4.98 Å². The highest BCUT2D eigenvalue weighted by molar-refractivity contribution is 6.09. The minimum absolute atomic E-state index is 0.753. The third-order valence-corrected chi connectivity index (χ3v) is 2.78. The standard InChI is InChI=1S/C13H11N3/c14-9-2-4-10-8(7-9)1-3-11-12(15)5-6-16-13(10)11/h1-7H,14H2,(H2,15,16). The number of nitrogens with zero attached hydrogens (tertiary/aromatic N) is 1.